The number of fused-ring (bicyclic) bond motifs is 5. The van der Waals surface area contributed by atoms with E-state index < -0.39 is 159 Å². The predicted octanol–water partition coefficient (Wildman–Crippen LogP) is 4.31. The predicted molar refractivity (Wildman–Crippen MR) is 231 cm³/mol. The van der Waals surface area contributed by atoms with Crippen LogP contribution in [0.1, 0.15) is 83.1 Å². The Morgan fingerprint density at radius 3 is 1.03 bits per heavy atom. The van der Waals surface area contributed by atoms with Crippen molar-refractivity contribution in [1.29, 1.82) is 0 Å². The van der Waals surface area contributed by atoms with E-state index in [1.807, 2.05) is 0 Å². The first-order chi connectivity index (χ1) is 28.6. The molecule has 0 aromatic rings. The van der Waals surface area contributed by atoms with Crippen LogP contribution in [-0.4, -0.2) is 136 Å². The highest BCUT2D eigenvalue weighted by Crippen LogP contribution is 2.45. The monoisotopic (exact) mass is 1090 g/mol. The average Bonchev–Trinajstić information content (AvgIpc) is 3.86. The highest BCUT2D eigenvalue weighted by atomic mass is 79.9. The molecule has 63 heavy (non-hydrogen) atoms. The summed E-state index contributed by atoms with van der Waals surface area (Å²) in [5.41, 5.74) is -6.68. The van der Waals surface area contributed by atoms with Gasteiger partial charge in [0.1, 0.15) is 75.5 Å². The molecule has 0 saturated carbocycles. The minimum Gasteiger partial charge on any atom is -0.464 e. The lowest BCUT2D eigenvalue weighted by atomic mass is 9.85. The molecular weight excluding hydrogens is 1030 g/mol. The molecule has 0 aliphatic carbocycles. The lowest BCUT2D eigenvalue weighted by molar-refractivity contribution is -0.183. The normalized spacial score (nSPS) is 21.7. The van der Waals surface area contributed by atoms with Gasteiger partial charge >= 0.3 is 41.8 Å². The second kappa shape index (κ2) is 20.0. The van der Waals surface area contributed by atoms with Crippen molar-refractivity contribution in [3.05, 3.63) is 12.2 Å². The largest absolute Gasteiger partial charge is 0.464 e. The van der Waals surface area contributed by atoms with Crippen molar-refractivity contribution in [3.8, 4) is 0 Å². The maximum atomic E-state index is 14.0. The molecule has 3 aliphatic heterocycles. The topological polar surface area (TPSA) is 231 Å². The number of halogens is 3. The van der Waals surface area contributed by atoms with Crippen LogP contribution in [0.5, 0.6) is 0 Å². The van der Waals surface area contributed by atoms with Gasteiger partial charge < -0.3 is 37.9 Å². The van der Waals surface area contributed by atoms with Gasteiger partial charge in [-0.15, -0.1) is 0 Å². The van der Waals surface area contributed by atoms with Crippen molar-refractivity contribution in [2.75, 3.05) is 52.8 Å². The van der Waals surface area contributed by atoms with Crippen molar-refractivity contribution in [3.63, 3.8) is 0 Å². The summed E-state index contributed by atoms with van der Waals surface area (Å²) in [6.07, 6.45) is 2.38. The van der Waals surface area contributed by atoms with Crippen LogP contribution in [0, 0.1) is 33.5 Å². The molecule has 354 valence electrons. The van der Waals surface area contributed by atoms with E-state index >= 15 is 0 Å². The molecule has 2 fully saturated rings. The molecule has 6 atom stereocenters. The van der Waals surface area contributed by atoms with Crippen LogP contribution in [0.3, 0.4) is 0 Å². The summed E-state index contributed by atoms with van der Waals surface area (Å²) in [7, 11) is 0. The Morgan fingerprint density at radius 1 is 0.476 bits per heavy atom. The van der Waals surface area contributed by atoms with E-state index in [4.69, 9.17) is 37.9 Å². The second-order valence-corrected chi connectivity index (χ2v) is 25.2. The maximum absolute atomic E-state index is 14.0. The first-order valence-electron chi connectivity index (χ1n) is 20.0. The lowest BCUT2D eigenvalue weighted by Gasteiger charge is -2.33. The number of carbonyl (C=O) groups is 9. The highest BCUT2D eigenvalue weighted by Gasteiger charge is 2.60. The minimum absolute atomic E-state index is 0.319. The summed E-state index contributed by atoms with van der Waals surface area (Å²) in [4.78, 5) is 120. The fraction of sp³-hybridized carbons (Fsp3) is 0.738. The van der Waals surface area contributed by atoms with Crippen LogP contribution in [-0.2, 0) is 81.0 Å². The van der Waals surface area contributed by atoms with Gasteiger partial charge in [-0.25, -0.2) is 0 Å². The summed E-state index contributed by atoms with van der Waals surface area (Å²) in [5.74, 6) is -8.58. The van der Waals surface area contributed by atoms with E-state index in [-0.39, 0.29) is 6.54 Å². The Kier molecular flexibility index (Phi) is 17.1. The van der Waals surface area contributed by atoms with E-state index in [1.54, 1.807) is 32.9 Å². The third-order valence-electron chi connectivity index (χ3n) is 10.2. The zero-order chi connectivity index (χ0) is 48.3. The molecule has 2 bridgehead atoms. The van der Waals surface area contributed by atoms with Gasteiger partial charge in [0.15, 0.2) is 0 Å². The molecule has 0 aromatic heterocycles. The standard InChI is InChI=1S/C42H58Br3NO17/c1-36(2,3)29(49)57-17-41(11,18-58-30(50)37(4,5)43)34(54)61-21-40(10,33(53)56-16-15-46-27(47)25-23-13-14-24(63-23)26(25)28(46)48)22-62-35(55)42(12,19-59-31(51)38(6,7)44)20-60-32(52)39(8,9)45/h13-14,23-26H,15-22H2,1-12H3/t23?,24?,25-,26+,40?,41?. The second-order valence-electron chi connectivity index (χ2n) is 19.3. The fourth-order valence-electron chi connectivity index (χ4n) is 5.90. The number of rotatable bonds is 21. The van der Waals surface area contributed by atoms with Crippen LogP contribution in [0.25, 0.3) is 0 Å². The molecule has 0 radical (unpaired) electrons. The summed E-state index contributed by atoms with van der Waals surface area (Å²) in [5, 5.41) is 0. The molecule has 21 heteroatoms. The summed E-state index contributed by atoms with van der Waals surface area (Å²) in [6.45, 7) is 12.7. The van der Waals surface area contributed by atoms with Crippen molar-refractivity contribution in [2.24, 2.45) is 33.5 Å². The van der Waals surface area contributed by atoms with E-state index in [2.05, 4.69) is 47.8 Å². The van der Waals surface area contributed by atoms with Gasteiger partial charge in [-0.3, -0.25) is 48.1 Å². The molecular formula is C42H58Br3NO17. The van der Waals surface area contributed by atoms with Crippen molar-refractivity contribution < 1.29 is 81.0 Å². The molecule has 0 spiro atoms. The minimum atomic E-state index is -2.03. The molecule has 0 aromatic carbocycles. The first-order valence-corrected chi connectivity index (χ1v) is 22.4. The third kappa shape index (κ3) is 13.6. The van der Waals surface area contributed by atoms with Gasteiger partial charge in [-0.2, -0.15) is 0 Å². The van der Waals surface area contributed by atoms with Crippen LogP contribution < -0.4 is 0 Å². The molecule has 2 saturated heterocycles. The number of imide groups is 1. The number of likely N-dealkylation sites (tertiary alicyclic amines) is 1. The number of nitrogens with zero attached hydrogens (tertiary/aromatic N) is 1. The number of hydrogen-bond donors (Lipinski definition) is 0. The summed E-state index contributed by atoms with van der Waals surface area (Å²) < 4.78 is 40.7. The molecule has 3 heterocycles. The molecule has 3 rings (SSSR count). The zero-order valence-electron chi connectivity index (χ0n) is 37.6. The number of ether oxygens (including phenoxy) is 8. The number of amides is 2. The molecule has 3 aliphatic rings. The van der Waals surface area contributed by atoms with Crippen LogP contribution >= 0.6 is 47.8 Å². The van der Waals surface area contributed by atoms with Crippen LogP contribution in [0.15, 0.2) is 12.2 Å². The SMILES string of the molecule is CC(C)(C)C(=O)OCC(C)(COC(=O)C(C)(C)Br)C(=O)OCC(C)(COC(=O)C(C)(COC(=O)C(C)(C)Br)COC(=O)C(C)(C)Br)C(=O)OCCN1C(=O)[C@@H]2C3C=CC(O3)[C@@H]2C1=O. The van der Waals surface area contributed by atoms with E-state index in [9.17, 15) is 43.2 Å². The van der Waals surface area contributed by atoms with E-state index in [0.29, 0.717) is 0 Å². The molecule has 2 amide bonds. The number of esters is 7. The third-order valence-corrected chi connectivity index (χ3v) is 11.2. The Bertz CT molecular complexity index is 1680. The van der Waals surface area contributed by atoms with Crippen LogP contribution in [0.4, 0.5) is 0 Å². The van der Waals surface area contributed by atoms with Crippen molar-refractivity contribution in [2.45, 2.75) is 108 Å². The van der Waals surface area contributed by atoms with Gasteiger partial charge in [0.25, 0.3) is 0 Å². The molecule has 18 nitrogen and oxygen atoms in total. The zero-order valence-corrected chi connectivity index (χ0v) is 42.4. The average molecular weight is 1090 g/mol. The Labute approximate surface area is 392 Å². The van der Waals surface area contributed by atoms with E-state index in [1.165, 1.54) is 62.3 Å². The smallest absolute Gasteiger partial charge is 0.322 e. The number of hydrogen-bond acceptors (Lipinski definition) is 17. The van der Waals surface area contributed by atoms with Crippen molar-refractivity contribution in [1.82, 2.24) is 4.90 Å². The quantitative estimate of drug-likeness (QED) is 0.0512. The molecule has 0 N–H and O–H groups in total. The number of alkyl halides is 3. The summed E-state index contributed by atoms with van der Waals surface area (Å²) in [6, 6.07) is 0. The maximum Gasteiger partial charge on any atom is 0.322 e. The highest BCUT2D eigenvalue weighted by molar-refractivity contribution is 9.10. The van der Waals surface area contributed by atoms with Gasteiger partial charge in [-0.05, 0) is 83.1 Å². The fourth-order valence-corrected chi connectivity index (χ4v) is 6.24. The van der Waals surface area contributed by atoms with Gasteiger partial charge in [0.05, 0.1) is 36.0 Å². The Hall–Kier alpha value is -3.43. The van der Waals surface area contributed by atoms with Gasteiger partial charge in [0, 0.05) is 0 Å². The summed E-state index contributed by atoms with van der Waals surface area (Å²) >= 11 is 9.60. The van der Waals surface area contributed by atoms with E-state index in [0.717, 1.165) is 4.90 Å². The number of carbonyl (C=O) groups excluding carboxylic acids is 9. The first kappa shape index (κ1) is 53.9. The van der Waals surface area contributed by atoms with Gasteiger partial charge in [-0.1, -0.05) is 59.9 Å². The van der Waals surface area contributed by atoms with Crippen LogP contribution in [0.2, 0.25) is 0 Å². The van der Waals surface area contributed by atoms with Gasteiger partial charge in [0.2, 0.25) is 11.8 Å². The Morgan fingerprint density at radius 2 is 0.746 bits per heavy atom. The Balaban J connectivity index is 1.90. The lowest BCUT2D eigenvalue weighted by Crippen LogP contribution is -2.48. The van der Waals surface area contributed by atoms with Crippen molar-refractivity contribution >= 4 is 101 Å². The molecule has 4 unspecified atom stereocenters.